The zero-order chi connectivity index (χ0) is 41.2. The predicted octanol–water partition coefficient (Wildman–Crippen LogP) is 8.37. The lowest BCUT2D eigenvalue weighted by atomic mass is 9.72. The molecule has 1 saturated carbocycles. The summed E-state index contributed by atoms with van der Waals surface area (Å²) in [6.45, 7) is 2.00. The van der Waals surface area contributed by atoms with E-state index in [-0.39, 0.29) is 70.0 Å². The van der Waals surface area contributed by atoms with E-state index in [0.717, 1.165) is 28.7 Å². The first-order valence-electron chi connectivity index (χ1n) is 18.9. The molecule has 10 nitrogen and oxygen atoms in total. The molecule has 4 heterocycles. The van der Waals surface area contributed by atoms with Crippen molar-refractivity contribution in [2.75, 3.05) is 26.2 Å². The van der Waals surface area contributed by atoms with Gasteiger partial charge >= 0.3 is 18.3 Å². The van der Waals surface area contributed by atoms with Crippen LogP contribution in [-0.4, -0.2) is 75.6 Å². The number of piperidine rings is 2. The molecule has 1 N–H and O–H groups in total. The number of carboxylic acid groups (broad SMARTS) is 1. The van der Waals surface area contributed by atoms with Gasteiger partial charge in [-0.05, 0) is 63.0 Å². The lowest BCUT2D eigenvalue weighted by Gasteiger charge is -2.51. The van der Waals surface area contributed by atoms with E-state index in [1.165, 1.54) is 4.90 Å². The van der Waals surface area contributed by atoms with Crippen molar-refractivity contribution in [1.82, 2.24) is 14.8 Å². The van der Waals surface area contributed by atoms with Crippen molar-refractivity contribution in [3.05, 3.63) is 75.7 Å². The number of thiophene rings is 1. The van der Waals surface area contributed by atoms with Crippen LogP contribution >= 0.6 is 11.3 Å². The first-order chi connectivity index (χ1) is 27.0. The minimum atomic E-state index is -4.90. The molecule has 1 aromatic carbocycles. The Morgan fingerprint density at radius 3 is 2.40 bits per heavy atom. The van der Waals surface area contributed by atoms with Crippen LogP contribution < -0.4 is 9.47 Å². The van der Waals surface area contributed by atoms with Gasteiger partial charge in [0.1, 0.15) is 16.4 Å². The Morgan fingerprint density at radius 1 is 1.04 bits per heavy atom. The number of hydrogen-bond donors (Lipinski definition) is 1. The summed E-state index contributed by atoms with van der Waals surface area (Å²) in [7, 11) is 0. The van der Waals surface area contributed by atoms with Crippen LogP contribution in [0.15, 0.2) is 54.2 Å². The Morgan fingerprint density at radius 2 is 1.77 bits per heavy atom. The van der Waals surface area contributed by atoms with Crippen LogP contribution in [0.3, 0.4) is 0 Å². The number of carboxylic acids is 1. The number of carbonyl (C=O) groups is 3. The van der Waals surface area contributed by atoms with Gasteiger partial charge in [-0.2, -0.15) is 31.6 Å². The Hall–Kier alpha value is -4.85. The highest BCUT2D eigenvalue weighted by Gasteiger charge is 2.57. The highest BCUT2D eigenvalue weighted by molar-refractivity contribution is 7.10. The number of alkyl halides is 6. The van der Waals surface area contributed by atoms with Gasteiger partial charge in [-0.15, -0.1) is 11.3 Å². The fraction of sp³-hybridized carbons (Fsp3) is 0.525. The Bertz CT molecular complexity index is 1990. The average molecular weight is 821 g/mol. The molecule has 2 aromatic heterocycles. The molecule has 0 unspecified atom stereocenters. The molecule has 306 valence electrons. The molecule has 0 bridgehead atoms. The van der Waals surface area contributed by atoms with Crippen LogP contribution in [0, 0.1) is 23.2 Å². The standard InChI is InChI=1S/C40H42F6N4O6S/c1-2-6-32-38(56-27-20-33(57-23-27)40(44,45)46,12-5-16-50(32)34(51)28-21-48-15-11-29(28)39(41,42)43)36(54)49-17-13-37(24-47,14-18-49)30-7-3-4-8-31(30)55-22-25-9-10-26(19-25)35(52)53/h3-4,7-8,11,15,20-21,23,25-26,32H,2,5-6,9-10,12-14,16-19,22H2,1H3,(H,52,53)/t25-,26+,32+,38-/m0/s1. The normalized spacial score (nSPS) is 23.8. The van der Waals surface area contributed by atoms with Gasteiger partial charge in [0, 0.05) is 55.5 Å². The molecule has 2 aliphatic heterocycles. The average Bonchev–Trinajstić information content (AvgIpc) is 3.88. The van der Waals surface area contributed by atoms with E-state index >= 15 is 4.79 Å². The number of benzene rings is 1. The molecule has 6 rings (SSSR count). The van der Waals surface area contributed by atoms with Gasteiger partial charge in [-0.3, -0.25) is 19.4 Å². The fourth-order valence-electron chi connectivity index (χ4n) is 8.55. The number of likely N-dealkylation sites (tertiary alicyclic amines) is 2. The Kier molecular flexibility index (Phi) is 12.1. The molecule has 0 radical (unpaired) electrons. The van der Waals surface area contributed by atoms with Crippen LogP contribution in [0.25, 0.3) is 0 Å². The van der Waals surface area contributed by atoms with Crippen LogP contribution in [0.5, 0.6) is 11.5 Å². The number of nitrogens with zero attached hydrogens (tertiary/aromatic N) is 4. The van der Waals surface area contributed by atoms with Crippen molar-refractivity contribution < 1.29 is 55.3 Å². The molecule has 57 heavy (non-hydrogen) atoms. The number of pyridine rings is 1. The van der Waals surface area contributed by atoms with Crippen molar-refractivity contribution >= 4 is 29.1 Å². The molecule has 4 atom stereocenters. The summed E-state index contributed by atoms with van der Waals surface area (Å²) >= 11 is 0.366. The van der Waals surface area contributed by atoms with Crippen molar-refractivity contribution in [3.63, 3.8) is 0 Å². The van der Waals surface area contributed by atoms with Gasteiger partial charge in [0.2, 0.25) is 5.60 Å². The zero-order valence-electron chi connectivity index (χ0n) is 31.1. The topological polar surface area (TPSA) is 133 Å². The summed E-state index contributed by atoms with van der Waals surface area (Å²) in [6, 6.07) is 9.76. The summed E-state index contributed by atoms with van der Waals surface area (Å²) in [5, 5.41) is 21.2. The fourth-order valence-corrected chi connectivity index (χ4v) is 9.23. The number of amides is 2. The minimum absolute atomic E-state index is 0.0137. The van der Waals surface area contributed by atoms with Gasteiger partial charge in [0.15, 0.2) is 0 Å². The van der Waals surface area contributed by atoms with Crippen LogP contribution in [0.1, 0.15) is 91.1 Å². The van der Waals surface area contributed by atoms with Gasteiger partial charge < -0.3 is 24.4 Å². The van der Waals surface area contributed by atoms with E-state index in [1.807, 2.05) is 0 Å². The summed E-state index contributed by atoms with van der Waals surface area (Å²) in [5.41, 5.74) is -4.43. The predicted molar refractivity (Wildman–Crippen MR) is 194 cm³/mol. The van der Waals surface area contributed by atoms with Crippen molar-refractivity contribution in [3.8, 4) is 17.6 Å². The molecule has 3 fully saturated rings. The second-order valence-electron chi connectivity index (χ2n) is 15.0. The first kappa shape index (κ1) is 41.8. The van der Waals surface area contributed by atoms with Crippen LogP contribution in [0.2, 0.25) is 0 Å². The number of para-hydroxylation sites is 1. The minimum Gasteiger partial charge on any atom is -0.493 e. The zero-order valence-corrected chi connectivity index (χ0v) is 31.9. The second-order valence-corrected chi connectivity index (χ2v) is 15.9. The smallest absolute Gasteiger partial charge is 0.425 e. The van der Waals surface area contributed by atoms with Crippen LogP contribution in [-0.2, 0) is 27.4 Å². The summed E-state index contributed by atoms with van der Waals surface area (Å²) in [5.74, 6) is -2.73. The lowest BCUT2D eigenvalue weighted by molar-refractivity contribution is -0.160. The Labute approximate surface area is 329 Å². The molecular formula is C40H42F6N4O6S. The summed E-state index contributed by atoms with van der Waals surface area (Å²) in [4.78, 5) is 46.0. The highest BCUT2D eigenvalue weighted by Crippen LogP contribution is 2.45. The highest BCUT2D eigenvalue weighted by atomic mass is 32.1. The van der Waals surface area contributed by atoms with E-state index in [2.05, 4.69) is 11.1 Å². The van der Waals surface area contributed by atoms with E-state index in [1.54, 1.807) is 31.2 Å². The van der Waals surface area contributed by atoms with Gasteiger partial charge in [-0.1, -0.05) is 31.5 Å². The third-order valence-corrected chi connectivity index (χ3v) is 12.4. The third kappa shape index (κ3) is 8.56. The Balaban J connectivity index is 1.31. The number of aromatic nitrogens is 1. The monoisotopic (exact) mass is 820 g/mol. The van der Waals surface area contributed by atoms with Gasteiger partial charge in [-0.25, -0.2) is 0 Å². The molecular weight excluding hydrogens is 779 g/mol. The molecule has 3 aliphatic rings. The number of rotatable bonds is 11. The number of aliphatic carboxylic acids is 1. The number of nitriles is 1. The molecule has 2 amide bonds. The summed E-state index contributed by atoms with van der Waals surface area (Å²) in [6.07, 6.45) is -5.41. The second kappa shape index (κ2) is 16.6. The lowest BCUT2D eigenvalue weighted by Crippen LogP contribution is -2.68. The molecule has 3 aromatic rings. The van der Waals surface area contributed by atoms with Crippen molar-refractivity contribution in [2.45, 2.75) is 94.1 Å². The maximum Gasteiger partial charge on any atom is 0.425 e. The number of ether oxygens (including phenoxy) is 2. The molecule has 0 spiro atoms. The maximum absolute atomic E-state index is 15.0. The maximum atomic E-state index is 15.0. The molecule has 17 heteroatoms. The van der Waals surface area contributed by atoms with E-state index in [4.69, 9.17) is 9.47 Å². The molecule has 1 aliphatic carbocycles. The number of hydrogen-bond acceptors (Lipinski definition) is 8. The molecule has 2 saturated heterocycles. The number of halogens is 6. The van der Waals surface area contributed by atoms with Crippen molar-refractivity contribution in [1.29, 1.82) is 5.26 Å². The van der Waals surface area contributed by atoms with E-state index in [0.29, 0.717) is 54.4 Å². The number of carbonyl (C=O) groups excluding carboxylic acids is 2. The van der Waals surface area contributed by atoms with Crippen molar-refractivity contribution in [2.24, 2.45) is 11.8 Å². The van der Waals surface area contributed by atoms with Crippen LogP contribution in [0.4, 0.5) is 26.3 Å². The van der Waals surface area contributed by atoms with Gasteiger partial charge in [0.25, 0.3) is 11.8 Å². The summed E-state index contributed by atoms with van der Waals surface area (Å²) < 4.78 is 96.1. The van der Waals surface area contributed by atoms with E-state index in [9.17, 15) is 46.3 Å². The first-order valence-corrected chi connectivity index (χ1v) is 19.7. The quantitative estimate of drug-likeness (QED) is 0.191. The largest absolute Gasteiger partial charge is 0.493 e. The van der Waals surface area contributed by atoms with Gasteiger partial charge in [0.05, 0.1) is 41.2 Å². The third-order valence-electron chi connectivity index (χ3n) is 11.4. The van der Waals surface area contributed by atoms with E-state index < -0.39 is 69.1 Å². The SMILES string of the molecule is CCC[C@H]1N(C(=O)c2cnccc2C(F)(F)F)CCC[C@@]1(Oc1csc(C(F)(F)F)c1)C(=O)N1CCC(C#N)(c2ccccc2OC[C@H]2CC[C@@H](C(=O)O)C2)CC1.